The minimum atomic E-state index is -3.79. The lowest BCUT2D eigenvalue weighted by molar-refractivity contribution is 0.322. The highest BCUT2D eigenvalue weighted by atomic mass is 32.2. The SMILES string of the molecule is C=C(OC(=S)c1ccc(C#N)cc1)N(C)S(=O)(=O)c1ccc(C)cc1. The van der Waals surface area contributed by atoms with E-state index in [4.69, 9.17) is 22.2 Å². The quantitative estimate of drug-likeness (QED) is 0.595. The number of hydrogen-bond donors (Lipinski definition) is 0. The first kappa shape index (κ1) is 18.6. The highest BCUT2D eigenvalue weighted by Crippen LogP contribution is 2.20. The molecule has 2 aromatic carbocycles. The molecule has 7 heteroatoms. The molecule has 0 amide bonds. The molecule has 2 rings (SSSR count). The van der Waals surface area contributed by atoms with Gasteiger partial charge in [-0.3, -0.25) is 0 Å². The van der Waals surface area contributed by atoms with Gasteiger partial charge in [-0.25, -0.2) is 12.7 Å². The van der Waals surface area contributed by atoms with Gasteiger partial charge in [-0.05, 0) is 62.1 Å². The third kappa shape index (κ3) is 4.24. The third-order valence-corrected chi connectivity index (χ3v) is 5.60. The summed E-state index contributed by atoms with van der Waals surface area (Å²) in [6.07, 6.45) is 0. The van der Waals surface area contributed by atoms with Gasteiger partial charge in [-0.2, -0.15) is 5.26 Å². The number of hydrogen-bond acceptors (Lipinski definition) is 5. The second-order valence-electron chi connectivity index (χ2n) is 5.26. The van der Waals surface area contributed by atoms with Crippen molar-refractivity contribution in [3.05, 3.63) is 77.7 Å². The summed E-state index contributed by atoms with van der Waals surface area (Å²) in [5.74, 6) is -0.116. The molecule has 0 bridgehead atoms. The predicted molar refractivity (Wildman–Crippen MR) is 99.2 cm³/mol. The molecular weight excluding hydrogens is 356 g/mol. The van der Waals surface area contributed by atoms with Gasteiger partial charge >= 0.3 is 0 Å². The summed E-state index contributed by atoms with van der Waals surface area (Å²) in [4.78, 5) is 0.134. The smallest absolute Gasteiger partial charge is 0.266 e. The Hall–Kier alpha value is -2.69. The molecule has 0 aliphatic carbocycles. The molecule has 0 saturated heterocycles. The van der Waals surface area contributed by atoms with Gasteiger partial charge in [-0.15, -0.1) is 0 Å². The van der Waals surface area contributed by atoms with Crippen molar-refractivity contribution >= 4 is 27.3 Å². The van der Waals surface area contributed by atoms with Crippen LogP contribution in [0.15, 0.2) is 65.9 Å². The van der Waals surface area contributed by atoms with Crippen LogP contribution < -0.4 is 0 Å². The lowest BCUT2D eigenvalue weighted by Crippen LogP contribution is -2.28. The Bertz CT molecular complexity index is 941. The van der Waals surface area contributed by atoms with Gasteiger partial charge < -0.3 is 4.74 Å². The second-order valence-corrected chi connectivity index (χ2v) is 7.60. The average molecular weight is 372 g/mol. The number of ether oxygens (including phenoxy) is 1. The van der Waals surface area contributed by atoms with E-state index < -0.39 is 10.0 Å². The molecule has 0 heterocycles. The van der Waals surface area contributed by atoms with Gasteiger partial charge in [0.05, 0.1) is 16.5 Å². The maximum atomic E-state index is 12.6. The van der Waals surface area contributed by atoms with E-state index in [0.29, 0.717) is 11.1 Å². The van der Waals surface area contributed by atoms with Crippen LogP contribution in [0.4, 0.5) is 0 Å². The number of benzene rings is 2. The first-order valence-electron chi connectivity index (χ1n) is 7.22. The fraction of sp³-hybridized carbons (Fsp3) is 0.111. The number of aryl methyl sites for hydroxylation is 1. The van der Waals surface area contributed by atoms with Crippen molar-refractivity contribution in [2.75, 3.05) is 7.05 Å². The zero-order chi connectivity index (χ0) is 18.6. The molecule has 2 aromatic rings. The number of rotatable bonds is 5. The first-order chi connectivity index (χ1) is 11.8. The van der Waals surface area contributed by atoms with E-state index in [2.05, 4.69) is 6.58 Å². The van der Waals surface area contributed by atoms with Crippen molar-refractivity contribution in [1.29, 1.82) is 5.26 Å². The Kier molecular flexibility index (Phi) is 5.57. The van der Waals surface area contributed by atoms with Crippen molar-refractivity contribution in [1.82, 2.24) is 4.31 Å². The van der Waals surface area contributed by atoms with Crippen molar-refractivity contribution < 1.29 is 13.2 Å². The standard InChI is InChI=1S/C18H16N2O3S2/c1-13-4-10-17(11-5-13)25(21,22)20(3)14(2)23-18(24)16-8-6-15(12-19)7-9-16/h4-11H,2H2,1,3H3. The molecule has 0 aliphatic heterocycles. The molecule has 0 aromatic heterocycles. The zero-order valence-corrected chi connectivity index (χ0v) is 15.4. The summed E-state index contributed by atoms with van der Waals surface area (Å²) < 4.78 is 31.5. The van der Waals surface area contributed by atoms with E-state index in [1.54, 1.807) is 36.4 Å². The molecule has 0 N–H and O–H groups in total. The molecule has 128 valence electrons. The summed E-state index contributed by atoms with van der Waals surface area (Å²) in [5.41, 5.74) is 2.00. The van der Waals surface area contributed by atoms with Gasteiger partial charge in [-0.1, -0.05) is 17.7 Å². The summed E-state index contributed by atoms with van der Waals surface area (Å²) >= 11 is 5.16. The topological polar surface area (TPSA) is 70.4 Å². The molecule has 5 nitrogen and oxygen atoms in total. The summed E-state index contributed by atoms with van der Waals surface area (Å²) in [6, 6.07) is 14.9. The fourth-order valence-electron chi connectivity index (χ4n) is 1.91. The summed E-state index contributed by atoms with van der Waals surface area (Å²) in [7, 11) is -2.44. The molecule has 0 radical (unpaired) electrons. The monoisotopic (exact) mass is 372 g/mol. The second kappa shape index (κ2) is 7.47. The summed E-state index contributed by atoms with van der Waals surface area (Å²) in [6.45, 7) is 5.52. The van der Waals surface area contributed by atoms with Crippen LogP contribution in [-0.2, 0) is 14.8 Å². The normalized spacial score (nSPS) is 10.6. The molecule has 25 heavy (non-hydrogen) atoms. The van der Waals surface area contributed by atoms with Crippen LogP contribution in [0.5, 0.6) is 0 Å². The van der Waals surface area contributed by atoms with Crippen molar-refractivity contribution in [2.45, 2.75) is 11.8 Å². The number of thiocarbonyl (C=S) groups is 1. The minimum absolute atomic E-state index is 0.0699. The van der Waals surface area contributed by atoms with Crippen LogP contribution in [0.3, 0.4) is 0 Å². The van der Waals surface area contributed by atoms with E-state index in [9.17, 15) is 8.42 Å². The lowest BCUT2D eigenvalue weighted by Gasteiger charge is -2.21. The number of nitrogens with zero attached hydrogens (tertiary/aromatic N) is 2. The molecular formula is C18H16N2O3S2. The molecule has 0 aliphatic rings. The Morgan fingerprint density at radius 2 is 1.72 bits per heavy atom. The van der Waals surface area contributed by atoms with Crippen molar-refractivity contribution in [3.63, 3.8) is 0 Å². The Balaban J connectivity index is 2.14. The summed E-state index contributed by atoms with van der Waals surface area (Å²) in [5, 5.41) is 8.87. The Morgan fingerprint density at radius 1 is 1.16 bits per heavy atom. The molecule has 0 saturated carbocycles. The molecule has 0 spiro atoms. The van der Waals surface area contributed by atoms with E-state index in [1.165, 1.54) is 19.2 Å². The zero-order valence-electron chi connectivity index (χ0n) is 13.8. The van der Waals surface area contributed by atoms with E-state index in [-0.39, 0.29) is 15.8 Å². The fourth-order valence-corrected chi connectivity index (χ4v) is 3.25. The molecule has 0 atom stereocenters. The van der Waals surface area contributed by atoms with Crippen LogP contribution in [0.1, 0.15) is 16.7 Å². The van der Waals surface area contributed by atoms with Gasteiger partial charge in [0, 0.05) is 12.6 Å². The Morgan fingerprint density at radius 3 is 2.24 bits per heavy atom. The minimum Gasteiger partial charge on any atom is -0.429 e. The predicted octanol–water partition coefficient (Wildman–Crippen LogP) is 3.35. The van der Waals surface area contributed by atoms with Gasteiger partial charge in [0.25, 0.3) is 10.0 Å². The van der Waals surface area contributed by atoms with Gasteiger partial charge in [0.15, 0.2) is 5.05 Å². The largest absolute Gasteiger partial charge is 0.429 e. The highest BCUT2D eigenvalue weighted by Gasteiger charge is 2.23. The van der Waals surface area contributed by atoms with Crippen LogP contribution >= 0.6 is 12.2 Å². The number of sulfonamides is 1. The third-order valence-electron chi connectivity index (χ3n) is 3.49. The maximum Gasteiger partial charge on any atom is 0.266 e. The van der Waals surface area contributed by atoms with E-state index in [1.807, 2.05) is 13.0 Å². The van der Waals surface area contributed by atoms with Crippen LogP contribution in [0, 0.1) is 18.3 Å². The maximum absolute atomic E-state index is 12.6. The van der Waals surface area contributed by atoms with Crippen LogP contribution in [0.25, 0.3) is 0 Å². The lowest BCUT2D eigenvalue weighted by atomic mass is 10.2. The van der Waals surface area contributed by atoms with Crippen LogP contribution in [0.2, 0.25) is 0 Å². The molecule has 0 fully saturated rings. The molecule has 0 unspecified atom stereocenters. The van der Waals surface area contributed by atoms with E-state index in [0.717, 1.165) is 9.87 Å². The van der Waals surface area contributed by atoms with Crippen LogP contribution in [-0.4, -0.2) is 24.8 Å². The van der Waals surface area contributed by atoms with E-state index >= 15 is 0 Å². The van der Waals surface area contributed by atoms with Gasteiger partial charge in [0.2, 0.25) is 5.88 Å². The van der Waals surface area contributed by atoms with Crippen molar-refractivity contribution in [2.24, 2.45) is 0 Å². The Labute approximate surface area is 152 Å². The highest BCUT2D eigenvalue weighted by molar-refractivity contribution is 7.89. The first-order valence-corrected chi connectivity index (χ1v) is 9.07. The van der Waals surface area contributed by atoms with Crippen molar-refractivity contribution in [3.8, 4) is 6.07 Å². The number of nitriles is 1. The van der Waals surface area contributed by atoms with Gasteiger partial charge in [0.1, 0.15) is 0 Å². The average Bonchev–Trinajstić information content (AvgIpc) is 2.61.